The lowest BCUT2D eigenvalue weighted by Gasteiger charge is -2.44. The normalized spacial score (nSPS) is 42.8. The van der Waals surface area contributed by atoms with Crippen LogP contribution in [0.1, 0.15) is 45.4 Å². The lowest BCUT2D eigenvalue weighted by molar-refractivity contribution is 0.0811. The van der Waals surface area contributed by atoms with E-state index >= 15 is 0 Å². The van der Waals surface area contributed by atoms with E-state index < -0.39 is 0 Å². The Bertz CT molecular complexity index is 255. The Balaban J connectivity index is 1.58. The number of likely N-dealkylation sites (tertiary alicyclic amines) is 1. The van der Waals surface area contributed by atoms with Crippen LogP contribution in [0.15, 0.2) is 0 Å². The lowest BCUT2D eigenvalue weighted by Crippen LogP contribution is -2.53. The molecule has 0 aromatic carbocycles. The van der Waals surface area contributed by atoms with Crippen molar-refractivity contribution in [2.24, 2.45) is 11.8 Å². The summed E-state index contributed by atoms with van der Waals surface area (Å²) < 4.78 is 0. The van der Waals surface area contributed by atoms with Gasteiger partial charge in [0.2, 0.25) is 0 Å². The van der Waals surface area contributed by atoms with E-state index in [2.05, 4.69) is 24.2 Å². The Morgan fingerprint density at radius 2 is 1.88 bits per heavy atom. The molecule has 3 rings (SSSR count). The van der Waals surface area contributed by atoms with Crippen molar-refractivity contribution in [3.63, 3.8) is 0 Å². The van der Waals surface area contributed by atoms with E-state index in [0.29, 0.717) is 5.54 Å². The predicted molar refractivity (Wildman–Crippen MR) is 67.5 cm³/mol. The van der Waals surface area contributed by atoms with Crippen molar-refractivity contribution in [1.82, 2.24) is 10.2 Å². The number of piperidine rings is 1. The summed E-state index contributed by atoms with van der Waals surface area (Å²) in [7, 11) is 2.12. The Labute approximate surface area is 99.8 Å². The molecule has 1 aliphatic heterocycles. The molecule has 0 aromatic heterocycles. The van der Waals surface area contributed by atoms with Gasteiger partial charge in [0.25, 0.3) is 0 Å². The van der Waals surface area contributed by atoms with Gasteiger partial charge in [0.1, 0.15) is 0 Å². The number of hydrogen-bond donors (Lipinski definition) is 1. The van der Waals surface area contributed by atoms with Crippen LogP contribution in [0.25, 0.3) is 0 Å². The largest absolute Gasteiger partial charge is 0.314 e. The maximum Gasteiger partial charge on any atom is 0.0174 e. The van der Waals surface area contributed by atoms with E-state index in [0.717, 1.165) is 17.9 Å². The highest BCUT2D eigenvalue weighted by Gasteiger charge is 2.43. The van der Waals surface area contributed by atoms with Crippen molar-refractivity contribution in [1.29, 1.82) is 0 Å². The third-order valence-corrected chi connectivity index (χ3v) is 5.67. The van der Waals surface area contributed by atoms with Gasteiger partial charge in [0.15, 0.2) is 0 Å². The summed E-state index contributed by atoms with van der Waals surface area (Å²) in [6.07, 6.45) is 8.78. The quantitative estimate of drug-likeness (QED) is 0.771. The molecular formula is C14H26N2. The fraction of sp³-hybridized carbons (Fsp3) is 1.00. The second kappa shape index (κ2) is 3.99. The minimum Gasteiger partial charge on any atom is -0.314 e. The van der Waals surface area contributed by atoms with Gasteiger partial charge < -0.3 is 5.32 Å². The molecular weight excluding hydrogens is 196 g/mol. The second-order valence-electron chi connectivity index (χ2n) is 6.59. The Morgan fingerprint density at radius 1 is 1.12 bits per heavy atom. The number of fused-ring (bicyclic) bond motifs is 2. The van der Waals surface area contributed by atoms with Crippen LogP contribution in [-0.2, 0) is 0 Å². The van der Waals surface area contributed by atoms with E-state index in [1.165, 1.54) is 45.2 Å². The van der Waals surface area contributed by atoms with Gasteiger partial charge in [-0.2, -0.15) is 0 Å². The molecule has 0 spiro atoms. The molecule has 3 unspecified atom stereocenters. The van der Waals surface area contributed by atoms with Crippen molar-refractivity contribution in [2.75, 3.05) is 20.1 Å². The zero-order valence-corrected chi connectivity index (χ0v) is 10.8. The average molecular weight is 222 g/mol. The zero-order chi connectivity index (χ0) is 11.2. The summed E-state index contributed by atoms with van der Waals surface area (Å²) >= 11 is 0. The van der Waals surface area contributed by atoms with E-state index in [9.17, 15) is 0 Å². The summed E-state index contributed by atoms with van der Waals surface area (Å²) in [5.74, 6) is 2.15. The van der Waals surface area contributed by atoms with Crippen LogP contribution in [0.3, 0.4) is 0 Å². The van der Waals surface area contributed by atoms with Crippen molar-refractivity contribution in [3.05, 3.63) is 0 Å². The minimum atomic E-state index is 0.411. The van der Waals surface area contributed by atoms with Gasteiger partial charge >= 0.3 is 0 Å². The predicted octanol–water partition coefficient (Wildman–Crippen LogP) is 2.25. The number of nitrogens with zero attached hydrogens (tertiary/aromatic N) is 1. The summed E-state index contributed by atoms with van der Waals surface area (Å²) in [5.41, 5.74) is 0.411. The van der Waals surface area contributed by atoms with Crippen molar-refractivity contribution in [3.8, 4) is 0 Å². The molecule has 0 radical (unpaired) electrons. The van der Waals surface area contributed by atoms with Gasteiger partial charge in [-0.3, -0.25) is 4.90 Å². The molecule has 2 saturated carbocycles. The first-order chi connectivity index (χ1) is 7.70. The third-order valence-electron chi connectivity index (χ3n) is 5.67. The highest BCUT2D eigenvalue weighted by molar-refractivity contribution is 4.98. The molecule has 3 atom stereocenters. The molecule has 2 bridgehead atoms. The van der Waals surface area contributed by atoms with E-state index in [1.54, 1.807) is 6.42 Å². The van der Waals surface area contributed by atoms with Crippen LogP contribution in [0.5, 0.6) is 0 Å². The molecule has 2 nitrogen and oxygen atoms in total. The van der Waals surface area contributed by atoms with Crippen LogP contribution in [0, 0.1) is 11.8 Å². The van der Waals surface area contributed by atoms with Gasteiger partial charge in [0.05, 0.1) is 0 Å². The molecule has 0 amide bonds. The molecule has 2 heteroatoms. The van der Waals surface area contributed by atoms with E-state index in [4.69, 9.17) is 0 Å². The lowest BCUT2D eigenvalue weighted by atomic mass is 9.86. The van der Waals surface area contributed by atoms with Gasteiger partial charge in [0, 0.05) is 24.7 Å². The fourth-order valence-corrected chi connectivity index (χ4v) is 4.26. The highest BCUT2D eigenvalue weighted by atomic mass is 15.2. The first-order valence-corrected chi connectivity index (χ1v) is 7.13. The smallest absolute Gasteiger partial charge is 0.0174 e. The SMILES string of the molecule is CNC1(C)CCN(C2CC3CCC2C3)CC1. The number of hydrogen-bond acceptors (Lipinski definition) is 2. The average Bonchev–Trinajstić information content (AvgIpc) is 2.92. The molecule has 1 saturated heterocycles. The van der Waals surface area contributed by atoms with Crippen LogP contribution in [-0.4, -0.2) is 36.6 Å². The minimum absolute atomic E-state index is 0.411. The molecule has 0 aromatic rings. The second-order valence-corrected chi connectivity index (χ2v) is 6.59. The third kappa shape index (κ3) is 1.80. The number of nitrogens with one attached hydrogen (secondary N) is 1. The van der Waals surface area contributed by atoms with Crippen LogP contribution in [0.2, 0.25) is 0 Å². The molecule has 16 heavy (non-hydrogen) atoms. The summed E-state index contributed by atoms with van der Waals surface area (Å²) in [6.45, 7) is 5.03. The Kier molecular flexibility index (Phi) is 2.75. The van der Waals surface area contributed by atoms with Crippen molar-refractivity contribution < 1.29 is 0 Å². The molecule has 1 heterocycles. The summed E-state index contributed by atoms with van der Waals surface area (Å²) in [5, 5.41) is 3.50. The van der Waals surface area contributed by atoms with Crippen LogP contribution < -0.4 is 5.32 Å². The van der Waals surface area contributed by atoms with E-state index in [1.807, 2.05) is 0 Å². The first-order valence-electron chi connectivity index (χ1n) is 7.13. The Hall–Kier alpha value is -0.0800. The maximum atomic E-state index is 3.50. The monoisotopic (exact) mass is 222 g/mol. The van der Waals surface area contributed by atoms with E-state index in [-0.39, 0.29) is 0 Å². The van der Waals surface area contributed by atoms with Gasteiger partial charge in [-0.1, -0.05) is 6.42 Å². The summed E-state index contributed by atoms with van der Waals surface area (Å²) in [4.78, 5) is 2.81. The fourth-order valence-electron chi connectivity index (χ4n) is 4.26. The standard InChI is InChI=1S/C14H26N2/c1-14(15-2)5-7-16(8-6-14)13-10-11-3-4-12(13)9-11/h11-13,15H,3-10H2,1-2H3. The highest BCUT2D eigenvalue weighted by Crippen LogP contribution is 2.47. The molecule has 3 aliphatic rings. The van der Waals surface area contributed by atoms with Crippen molar-refractivity contribution >= 4 is 0 Å². The maximum absolute atomic E-state index is 3.50. The molecule has 3 fully saturated rings. The van der Waals surface area contributed by atoms with Gasteiger partial charge in [-0.25, -0.2) is 0 Å². The first kappa shape index (κ1) is 11.0. The Morgan fingerprint density at radius 3 is 2.38 bits per heavy atom. The van der Waals surface area contributed by atoms with Gasteiger partial charge in [-0.15, -0.1) is 0 Å². The topological polar surface area (TPSA) is 15.3 Å². The van der Waals surface area contributed by atoms with Crippen molar-refractivity contribution in [2.45, 2.75) is 57.0 Å². The van der Waals surface area contributed by atoms with Gasteiger partial charge in [-0.05, 0) is 57.9 Å². The zero-order valence-electron chi connectivity index (χ0n) is 10.8. The molecule has 92 valence electrons. The molecule has 1 N–H and O–H groups in total. The van der Waals surface area contributed by atoms with Crippen LogP contribution in [0.4, 0.5) is 0 Å². The van der Waals surface area contributed by atoms with Crippen LogP contribution >= 0.6 is 0 Å². The molecule has 2 aliphatic carbocycles. The number of rotatable bonds is 2. The summed E-state index contributed by atoms with van der Waals surface area (Å²) in [6, 6.07) is 0.958.